The number of hydrogen-bond acceptors (Lipinski definition) is 2. The fourth-order valence-corrected chi connectivity index (χ4v) is 3.83. The Kier molecular flexibility index (Phi) is 5.84. The second kappa shape index (κ2) is 8.15. The number of amides is 3. The second-order valence-electron chi connectivity index (χ2n) is 7.98. The molecule has 0 spiro atoms. The largest absolute Gasteiger partial charge is 0.329 e. The zero-order chi connectivity index (χ0) is 20.3. The van der Waals surface area contributed by atoms with Crippen LogP contribution in [0, 0.1) is 0 Å². The molecular formula is C23H30N3O2+. The van der Waals surface area contributed by atoms with E-state index in [1.807, 2.05) is 44.3 Å². The minimum Gasteiger partial charge on any atom is -0.319 e. The van der Waals surface area contributed by atoms with Crippen LogP contribution in [0.3, 0.4) is 0 Å². The van der Waals surface area contributed by atoms with Gasteiger partial charge in [-0.1, -0.05) is 75.4 Å². The Morgan fingerprint density at radius 3 is 2.25 bits per heavy atom. The molecule has 0 saturated carbocycles. The number of rotatable bonds is 7. The van der Waals surface area contributed by atoms with Crippen molar-refractivity contribution in [3.05, 3.63) is 71.3 Å². The van der Waals surface area contributed by atoms with E-state index in [0.717, 1.165) is 17.0 Å². The summed E-state index contributed by atoms with van der Waals surface area (Å²) in [5, 5.41) is 2.95. The summed E-state index contributed by atoms with van der Waals surface area (Å²) in [5.74, 6) is 0.339. The van der Waals surface area contributed by atoms with Gasteiger partial charge in [-0.25, -0.2) is 9.69 Å². The van der Waals surface area contributed by atoms with Gasteiger partial charge < -0.3 is 10.2 Å². The zero-order valence-corrected chi connectivity index (χ0v) is 17.2. The molecule has 2 aromatic rings. The topological polar surface area (TPSA) is 53.9 Å². The van der Waals surface area contributed by atoms with Crippen molar-refractivity contribution in [1.82, 2.24) is 10.2 Å². The molecule has 2 N–H and O–H groups in total. The van der Waals surface area contributed by atoms with Gasteiger partial charge in [0, 0.05) is 5.56 Å². The Hall–Kier alpha value is -2.66. The Morgan fingerprint density at radius 2 is 1.68 bits per heavy atom. The van der Waals surface area contributed by atoms with Crippen molar-refractivity contribution in [2.75, 3.05) is 13.7 Å². The van der Waals surface area contributed by atoms with Crippen LogP contribution in [-0.4, -0.2) is 30.6 Å². The molecule has 1 fully saturated rings. The van der Waals surface area contributed by atoms with Gasteiger partial charge in [0.05, 0.1) is 7.05 Å². The van der Waals surface area contributed by atoms with Crippen LogP contribution in [0.4, 0.5) is 4.79 Å². The highest BCUT2D eigenvalue weighted by Gasteiger charge is 2.52. The van der Waals surface area contributed by atoms with Gasteiger partial charge in [-0.15, -0.1) is 0 Å². The summed E-state index contributed by atoms with van der Waals surface area (Å²) >= 11 is 0. The number of nitrogens with zero attached hydrogens (tertiary/aromatic N) is 1. The van der Waals surface area contributed by atoms with E-state index < -0.39 is 5.54 Å². The Labute approximate surface area is 167 Å². The van der Waals surface area contributed by atoms with Crippen LogP contribution in [0.25, 0.3) is 0 Å². The van der Waals surface area contributed by atoms with Crippen molar-refractivity contribution in [2.24, 2.45) is 0 Å². The predicted molar refractivity (Wildman–Crippen MR) is 110 cm³/mol. The summed E-state index contributed by atoms with van der Waals surface area (Å²) in [6.45, 7) is 7.38. The fourth-order valence-electron chi connectivity index (χ4n) is 3.83. The molecule has 3 amide bonds. The molecule has 0 radical (unpaired) electrons. The van der Waals surface area contributed by atoms with E-state index in [0.29, 0.717) is 19.0 Å². The molecule has 0 bridgehead atoms. The summed E-state index contributed by atoms with van der Waals surface area (Å²) in [4.78, 5) is 28.3. The Morgan fingerprint density at radius 1 is 1.04 bits per heavy atom. The molecule has 5 nitrogen and oxygen atoms in total. The van der Waals surface area contributed by atoms with Crippen molar-refractivity contribution in [3.63, 3.8) is 0 Å². The van der Waals surface area contributed by atoms with E-state index in [4.69, 9.17) is 0 Å². The highest BCUT2D eigenvalue weighted by molar-refractivity contribution is 6.07. The highest BCUT2D eigenvalue weighted by Crippen LogP contribution is 2.31. The first-order valence-electron chi connectivity index (χ1n) is 9.97. The SMILES string of the molecule is CC[C@@]1(c2ccccc2)NC(=O)N(C[NH+](C)Cc2ccc(C(C)C)cc2)C1=O. The van der Waals surface area contributed by atoms with Crippen LogP contribution in [0.15, 0.2) is 54.6 Å². The van der Waals surface area contributed by atoms with Gasteiger partial charge in [-0.3, -0.25) is 4.79 Å². The van der Waals surface area contributed by atoms with Crippen LogP contribution < -0.4 is 10.2 Å². The molecule has 0 aromatic heterocycles. The van der Waals surface area contributed by atoms with Gasteiger partial charge in [-0.2, -0.15) is 0 Å². The minimum atomic E-state index is -0.961. The molecule has 1 heterocycles. The number of imide groups is 1. The van der Waals surface area contributed by atoms with Gasteiger partial charge in [0.2, 0.25) is 0 Å². The molecule has 1 aliphatic rings. The van der Waals surface area contributed by atoms with E-state index >= 15 is 0 Å². The van der Waals surface area contributed by atoms with Crippen LogP contribution >= 0.6 is 0 Å². The van der Waals surface area contributed by atoms with E-state index in [1.54, 1.807) is 0 Å². The highest BCUT2D eigenvalue weighted by atomic mass is 16.2. The third-order valence-corrected chi connectivity index (χ3v) is 5.55. The molecular weight excluding hydrogens is 350 g/mol. The molecule has 3 rings (SSSR count). The van der Waals surface area contributed by atoms with Crippen molar-refractivity contribution >= 4 is 11.9 Å². The molecule has 0 aliphatic carbocycles. The van der Waals surface area contributed by atoms with Crippen LogP contribution in [0.2, 0.25) is 0 Å². The lowest BCUT2D eigenvalue weighted by atomic mass is 9.87. The summed E-state index contributed by atoms with van der Waals surface area (Å²) < 4.78 is 0. The smallest absolute Gasteiger partial charge is 0.319 e. The van der Waals surface area contributed by atoms with E-state index in [1.165, 1.54) is 16.0 Å². The van der Waals surface area contributed by atoms with Gasteiger partial charge in [0.25, 0.3) is 5.91 Å². The number of hydrogen-bond donors (Lipinski definition) is 2. The predicted octanol–water partition coefficient (Wildman–Crippen LogP) is 2.64. The lowest BCUT2D eigenvalue weighted by Gasteiger charge is -2.26. The zero-order valence-electron chi connectivity index (χ0n) is 17.2. The Bertz CT molecular complexity index is 833. The molecule has 5 heteroatoms. The molecule has 1 saturated heterocycles. The van der Waals surface area contributed by atoms with E-state index in [-0.39, 0.29) is 11.9 Å². The average Bonchev–Trinajstić information content (AvgIpc) is 2.94. The first-order chi connectivity index (χ1) is 13.4. The molecule has 2 aromatic carbocycles. The normalized spacial score (nSPS) is 20.5. The maximum absolute atomic E-state index is 13.2. The number of carbonyl (C=O) groups is 2. The van der Waals surface area contributed by atoms with Crippen LogP contribution in [-0.2, 0) is 16.9 Å². The third-order valence-electron chi connectivity index (χ3n) is 5.55. The van der Waals surface area contributed by atoms with Gasteiger partial charge in [0.15, 0.2) is 6.67 Å². The molecule has 28 heavy (non-hydrogen) atoms. The summed E-state index contributed by atoms with van der Waals surface area (Å²) in [6.07, 6.45) is 0.522. The first kappa shape index (κ1) is 20.1. The van der Waals surface area contributed by atoms with Crippen LogP contribution in [0.1, 0.15) is 49.8 Å². The van der Waals surface area contributed by atoms with Gasteiger partial charge in [-0.05, 0) is 23.5 Å². The van der Waals surface area contributed by atoms with E-state index in [9.17, 15) is 9.59 Å². The fraction of sp³-hybridized carbons (Fsp3) is 0.391. The number of nitrogens with one attached hydrogen (secondary N) is 2. The van der Waals surface area contributed by atoms with Crippen molar-refractivity contribution in [3.8, 4) is 0 Å². The Balaban J connectivity index is 1.71. The molecule has 1 unspecified atom stereocenters. The van der Waals surface area contributed by atoms with Crippen LogP contribution in [0.5, 0.6) is 0 Å². The van der Waals surface area contributed by atoms with Gasteiger partial charge in [0.1, 0.15) is 12.1 Å². The lowest BCUT2D eigenvalue weighted by molar-refractivity contribution is -0.901. The minimum absolute atomic E-state index is 0.166. The first-order valence-corrected chi connectivity index (χ1v) is 9.97. The molecule has 1 aliphatic heterocycles. The van der Waals surface area contributed by atoms with Crippen molar-refractivity contribution in [1.29, 1.82) is 0 Å². The summed E-state index contributed by atoms with van der Waals surface area (Å²) in [5.41, 5.74) is 2.38. The van der Waals surface area contributed by atoms with E-state index in [2.05, 4.69) is 43.4 Å². The van der Waals surface area contributed by atoms with Crippen molar-refractivity contribution in [2.45, 2.75) is 45.2 Å². The maximum Gasteiger partial charge on any atom is 0.329 e. The summed E-state index contributed by atoms with van der Waals surface area (Å²) in [6, 6.07) is 17.8. The second-order valence-corrected chi connectivity index (χ2v) is 7.98. The third kappa shape index (κ3) is 3.80. The van der Waals surface area contributed by atoms with Gasteiger partial charge >= 0.3 is 6.03 Å². The van der Waals surface area contributed by atoms with Crippen molar-refractivity contribution < 1.29 is 14.5 Å². The number of quaternary nitrogens is 1. The monoisotopic (exact) mass is 380 g/mol. The quantitative estimate of drug-likeness (QED) is 0.726. The maximum atomic E-state index is 13.2. The lowest BCUT2D eigenvalue weighted by Crippen LogP contribution is -3.09. The number of carbonyl (C=O) groups excluding carboxylic acids is 2. The standard InChI is InChI=1S/C23H29N3O2/c1-5-23(20-9-7-6-8-10-20)21(27)26(22(28)24-23)16-25(4)15-18-11-13-19(14-12-18)17(2)3/h6-14,17H,5,15-16H2,1-4H3,(H,24,28)/p+1/t23-/m0/s1. The average molecular weight is 381 g/mol. The molecule has 148 valence electrons. The molecule has 2 atom stereocenters. The number of benzene rings is 2. The summed E-state index contributed by atoms with van der Waals surface area (Å²) in [7, 11) is 2.01. The number of urea groups is 1.